The molecule has 2 fully saturated rings. The summed E-state index contributed by atoms with van der Waals surface area (Å²) in [5.74, 6) is 2.21. The number of aromatic nitrogens is 1. The first-order valence-corrected chi connectivity index (χ1v) is 8.90. The maximum Gasteiger partial charge on any atom is 0.0965 e. The molecule has 3 nitrogen and oxygen atoms in total. The normalized spacial score (nSPS) is 29.8. The summed E-state index contributed by atoms with van der Waals surface area (Å²) in [5, 5.41) is 7.18. The Morgan fingerprint density at radius 2 is 2.20 bits per heavy atom. The second kappa shape index (κ2) is 6.12. The molecule has 0 radical (unpaired) electrons. The van der Waals surface area contributed by atoms with Gasteiger partial charge in [0.25, 0.3) is 0 Å². The topological polar surface area (TPSA) is 28.2 Å². The number of hydrogen-bond acceptors (Lipinski definition) is 4. The maximum atomic E-state index is 4.49. The van der Waals surface area contributed by atoms with Gasteiger partial charge in [0.2, 0.25) is 0 Å². The van der Waals surface area contributed by atoms with Gasteiger partial charge in [0, 0.05) is 49.2 Å². The van der Waals surface area contributed by atoms with Crippen LogP contribution < -0.4 is 5.32 Å². The number of nitrogens with zero attached hydrogens (tertiary/aromatic N) is 2. The highest BCUT2D eigenvalue weighted by Gasteiger charge is 2.38. The molecule has 1 aliphatic heterocycles. The first kappa shape index (κ1) is 14.5. The smallest absolute Gasteiger partial charge is 0.0965 e. The number of thiazole rings is 1. The fraction of sp³-hybridized carbons (Fsp3) is 0.812. The lowest BCUT2D eigenvalue weighted by atomic mass is 9.95. The fourth-order valence-corrected chi connectivity index (χ4v) is 4.13. The Hall–Kier alpha value is -0.450. The molecule has 4 heteroatoms. The molecule has 0 spiro atoms. The van der Waals surface area contributed by atoms with E-state index in [0.29, 0.717) is 17.9 Å². The van der Waals surface area contributed by atoms with E-state index in [-0.39, 0.29) is 0 Å². The molecule has 2 heterocycles. The van der Waals surface area contributed by atoms with E-state index in [1.165, 1.54) is 24.4 Å². The van der Waals surface area contributed by atoms with Crippen molar-refractivity contribution >= 4 is 11.3 Å². The standard InChI is InChI=1S/C16H27N3S/c1-11(2)15-8-18-14(13-4-5-13)10-19(15)9-12(3)16-17-6-7-20-16/h6-7,11-15,18H,4-5,8-10H2,1-3H3. The zero-order valence-corrected chi connectivity index (χ0v) is 13.7. The maximum absolute atomic E-state index is 4.49. The first-order chi connectivity index (χ1) is 9.65. The number of nitrogens with one attached hydrogen (secondary N) is 1. The number of hydrogen-bond donors (Lipinski definition) is 1. The van der Waals surface area contributed by atoms with Crippen molar-refractivity contribution < 1.29 is 0 Å². The molecular formula is C16H27N3S. The van der Waals surface area contributed by atoms with Crippen molar-refractivity contribution in [3.05, 3.63) is 16.6 Å². The van der Waals surface area contributed by atoms with Crippen LogP contribution in [-0.2, 0) is 0 Å². The molecule has 3 atom stereocenters. The summed E-state index contributed by atoms with van der Waals surface area (Å²) < 4.78 is 0. The fourth-order valence-electron chi connectivity index (χ4n) is 3.44. The zero-order chi connectivity index (χ0) is 14.1. The highest BCUT2D eigenvalue weighted by atomic mass is 32.1. The third-order valence-electron chi connectivity index (χ3n) is 4.83. The first-order valence-electron chi connectivity index (χ1n) is 8.02. The molecule has 1 aromatic heterocycles. The third-order valence-corrected chi connectivity index (χ3v) is 5.84. The Labute approximate surface area is 126 Å². The molecule has 2 aliphatic rings. The number of piperazine rings is 1. The van der Waals surface area contributed by atoms with E-state index in [9.17, 15) is 0 Å². The monoisotopic (exact) mass is 293 g/mol. The summed E-state index contributed by atoms with van der Waals surface area (Å²) in [7, 11) is 0. The molecule has 1 saturated carbocycles. The summed E-state index contributed by atoms with van der Waals surface area (Å²) in [6.45, 7) is 10.6. The van der Waals surface area contributed by atoms with Gasteiger partial charge >= 0.3 is 0 Å². The third kappa shape index (κ3) is 3.23. The van der Waals surface area contributed by atoms with Crippen LogP contribution in [0.1, 0.15) is 44.5 Å². The summed E-state index contributed by atoms with van der Waals surface area (Å²) in [6.07, 6.45) is 4.79. The van der Waals surface area contributed by atoms with Gasteiger partial charge in [-0.25, -0.2) is 4.98 Å². The molecule has 3 unspecified atom stereocenters. The molecule has 0 bridgehead atoms. The second-order valence-electron chi connectivity index (χ2n) is 6.89. The molecule has 20 heavy (non-hydrogen) atoms. The SMILES string of the molecule is CC(CN1CC(C2CC2)NCC1C(C)C)c1nccs1. The van der Waals surface area contributed by atoms with E-state index in [0.717, 1.165) is 25.0 Å². The minimum absolute atomic E-state index is 0.550. The average molecular weight is 293 g/mol. The van der Waals surface area contributed by atoms with Crippen LogP contribution in [0, 0.1) is 11.8 Å². The van der Waals surface area contributed by atoms with Crippen LogP contribution in [0.5, 0.6) is 0 Å². The van der Waals surface area contributed by atoms with Crippen LogP contribution in [-0.4, -0.2) is 41.6 Å². The van der Waals surface area contributed by atoms with Crippen molar-refractivity contribution in [1.82, 2.24) is 15.2 Å². The highest BCUT2D eigenvalue weighted by Crippen LogP contribution is 2.35. The van der Waals surface area contributed by atoms with Crippen LogP contribution >= 0.6 is 11.3 Å². The van der Waals surface area contributed by atoms with Crippen LogP contribution in [0.3, 0.4) is 0 Å². The lowest BCUT2D eigenvalue weighted by molar-refractivity contribution is 0.0873. The largest absolute Gasteiger partial charge is 0.311 e. The van der Waals surface area contributed by atoms with Crippen molar-refractivity contribution in [3.63, 3.8) is 0 Å². The molecule has 0 aromatic carbocycles. The second-order valence-corrected chi connectivity index (χ2v) is 7.81. The summed E-state index contributed by atoms with van der Waals surface area (Å²) in [5.41, 5.74) is 0. The van der Waals surface area contributed by atoms with Gasteiger partial charge in [-0.3, -0.25) is 4.90 Å². The highest BCUT2D eigenvalue weighted by molar-refractivity contribution is 7.09. The molecule has 112 valence electrons. The van der Waals surface area contributed by atoms with Gasteiger partial charge in [-0.15, -0.1) is 11.3 Å². The molecule has 1 saturated heterocycles. The minimum atomic E-state index is 0.550. The van der Waals surface area contributed by atoms with E-state index < -0.39 is 0 Å². The van der Waals surface area contributed by atoms with E-state index in [1.807, 2.05) is 6.20 Å². The van der Waals surface area contributed by atoms with Gasteiger partial charge in [-0.1, -0.05) is 20.8 Å². The van der Waals surface area contributed by atoms with Gasteiger partial charge in [-0.05, 0) is 24.7 Å². The summed E-state index contributed by atoms with van der Waals surface area (Å²) >= 11 is 1.80. The molecular weight excluding hydrogens is 266 g/mol. The van der Waals surface area contributed by atoms with Crippen LogP contribution in [0.2, 0.25) is 0 Å². The van der Waals surface area contributed by atoms with Gasteiger partial charge in [0.1, 0.15) is 0 Å². The summed E-state index contributed by atoms with van der Waals surface area (Å²) in [6, 6.07) is 1.40. The Morgan fingerprint density at radius 1 is 1.40 bits per heavy atom. The lowest BCUT2D eigenvalue weighted by Gasteiger charge is -2.43. The molecule has 1 aromatic rings. The van der Waals surface area contributed by atoms with Gasteiger partial charge < -0.3 is 5.32 Å². The van der Waals surface area contributed by atoms with Crippen LogP contribution in [0.15, 0.2) is 11.6 Å². The van der Waals surface area contributed by atoms with Crippen LogP contribution in [0.4, 0.5) is 0 Å². The molecule has 1 aliphatic carbocycles. The Balaban J connectivity index is 1.65. The van der Waals surface area contributed by atoms with E-state index in [1.54, 1.807) is 11.3 Å². The molecule has 3 rings (SSSR count). The van der Waals surface area contributed by atoms with Crippen molar-refractivity contribution in [2.24, 2.45) is 11.8 Å². The Bertz CT molecular complexity index is 413. The van der Waals surface area contributed by atoms with Crippen molar-refractivity contribution in [3.8, 4) is 0 Å². The predicted molar refractivity (Wildman–Crippen MR) is 85.2 cm³/mol. The zero-order valence-electron chi connectivity index (χ0n) is 12.9. The van der Waals surface area contributed by atoms with Gasteiger partial charge in [0.05, 0.1) is 5.01 Å². The summed E-state index contributed by atoms with van der Waals surface area (Å²) in [4.78, 5) is 7.23. The molecule has 0 amide bonds. The van der Waals surface area contributed by atoms with E-state index in [2.05, 4.69) is 41.4 Å². The quantitative estimate of drug-likeness (QED) is 0.904. The van der Waals surface area contributed by atoms with Crippen molar-refractivity contribution in [2.75, 3.05) is 19.6 Å². The average Bonchev–Trinajstić information content (AvgIpc) is 3.13. The number of rotatable bonds is 5. The lowest BCUT2D eigenvalue weighted by Crippen LogP contribution is -2.59. The van der Waals surface area contributed by atoms with E-state index in [4.69, 9.17) is 0 Å². The van der Waals surface area contributed by atoms with E-state index >= 15 is 0 Å². The predicted octanol–water partition coefficient (Wildman–Crippen LogP) is 2.96. The van der Waals surface area contributed by atoms with Crippen molar-refractivity contribution in [2.45, 2.75) is 51.6 Å². The van der Waals surface area contributed by atoms with Crippen molar-refractivity contribution in [1.29, 1.82) is 0 Å². The molecule has 1 N–H and O–H groups in total. The van der Waals surface area contributed by atoms with Gasteiger partial charge in [-0.2, -0.15) is 0 Å². The Kier molecular flexibility index (Phi) is 4.43. The Morgan fingerprint density at radius 3 is 2.80 bits per heavy atom. The van der Waals surface area contributed by atoms with Gasteiger partial charge in [0.15, 0.2) is 0 Å². The van der Waals surface area contributed by atoms with Crippen LogP contribution in [0.25, 0.3) is 0 Å². The minimum Gasteiger partial charge on any atom is -0.311 e.